The van der Waals surface area contributed by atoms with E-state index in [1.807, 2.05) is 0 Å². The molecule has 0 aromatic carbocycles. The Labute approximate surface area is 72.7 Å². The Morgan fingerprint density at radius 1 is 1.46 bits per heavy atom. The SMILES string of the molecule is O=C(O)c1cc2cc(O)cnc2[nH]1. The third kappa shape index (κ3) is 1.20. The molecule has 0 aliphatic heterocycles. The molecule has 2 heterocycles. The van der Waals surface area contributed by atoms with Gasteiger partial charge in [-0.1, -0.05) is 0 Å². The first-order valence-electron chi connectivity index (χ1n) is 3.58. The van der Waals surface area contributed by atoms with Gasteiger partial charge in [-0.05, 0) is 12.1 Å². The van der Waals surface area contributed by atoms with Crippen LogP contribution in [0.3, 0.4) is 0 Å². The molecule has 13 heavy (non-hydrogen) atoms. The van der Waals surface area contributed by atoms with E-state index in [4.69, 9.17) is 10.2 Å². The predicted octanol–water partition coefficient (Wildman–Crippen LogP) is 0.967. The van der Waals surface area contributed by atoms with Crippen molar-refractivity contribution in [3.63, 3.8) is 0 Å². The van der Waals surface area contributed by atoms with E-state index in [0.717, 1.165) is 0 Å². The third-order valence-corrected chi connectivity index (χ3v) is 1.69. The molecule has 0 unspecified atom stereocenters. The minimum atomic E-state index is -1.04. The predicted molar refractivity (Wildman–Crippen MR) is 44.7 cm³/mol. The first-order chi connectivity index (χ1) is 6.16. The summed E-state index contributed by atoms with van der Waals surface area (Å²) in [5.74, 6) is -1.03. The number of aromatic hydroxyl groups is 1. The van der Waals surface area contributed by atoms with Gasteiger partial charge in [0.2, 0.25) is 0 Å². The fourth-order valence-corrected chi connectivity index (χ4v) is 1.12. The van der Waals surface area contributed by atoms with E-state index in [9.17, 15) is 4.79 Å². The maximum Gasteiger partial charge on any atom is 0.352 e. The van der Waals surface area contributed by atoms with Crippen LogP contribution in [0, 0.1) is 0 Å². The molecule has 0 bridgehead atoms. The summed E-state index contributed by atoms with van der Waals surface area (Å²) in [7, 11) is 0. The van der Waals surface area contributed by atoms with Crippen LogP contribution in [0.15, 0.2) is 18.3 Å². The van der Waals surface area contributed by atoms with E-state index in [1.165, 1.54) is 18.3 Å². The van der Waals surface area contributed by atoms with E-state index < -0.39 is 5.97 Å². The average molecular weight is 178 g/mol. The summed E-state index contributed by atoms with van der Waals surface area (Å²) >= 11 is 0. The lowest BCUT2D eigenvalue weighted by Crippen LogP contribution is -1.94. The molecule has 0 aliphatic carbocycles. The van der Waals surface area contributed by atoms with Gasteiger partial charge in [0.15, 0.2) is 0 Å². The van der Waals surface area contributed by atoms with E-state index in [0.29, 0.717) is 11.0 Å². The van der Waals surface area contributed by atoms with Gasteiger partial charge in [0, 0.05) is 5.39 Å². The Kier molecular flexibility index (Phi) is 1.45. The Bertz CT molecular complexity index is 475. The number of nitrogens with one attached hydrogen (secondary N) is 1. The Morgan fingerprint density at radius 3 is 2.92 bits per heavy atom. The summed E-state index contributed by atoms with van der Waals surface area (Å²) in [5, 5.41) is 18.3. The summed E-state index contributed by atoms with van der Waals surface area (Å²) in [6, 6.07) is 2.87. The number of rotatable bonds is 1. The van der Waals surface area contributed by atoms with Gasteiger partial charge in [-0.2, -0.15) is 0 Å². The highest BCUT2D eigenvalue weighted by molar-refractivity contribution is 5.92. The fourth-order valence-electron chi connectivity index (χ4n) is 1.12. The molecular formula is C8H6N2O3. The summed E-state index contributed by atoms with van der Waals surface area (Å²) < 4.78 is 0. The normalized spacial score (nSPS) is 10.5. The van der Waals surface area contributed by atoms with E-state index in [2.05, 4.69) is 9.97 Å². The quantitative estimate of drug-likeness (QED) is 0.607. The molecule has 5 heteroatoms. The molecule has 0 aliphatic rings. The molecule has 0 atom stereocenters. The third-order valence-electron chi connectivity index (χ3n) is 1.69. The number of aromatic nitrogens is 2. The number of aromatic amines is 1. The van der Waals surface area contributed by atoms with Crippen molar-refractivity contribution in [3.05, 3.63) is 24.0 Å². The van der Waals surface area contributed by atoms with Crippen LogP contribution in [-0.4, -0.2) is 26.2 Å². The lowest BCUT2D eigenvalue weighted by atomic mass is 10.3. The minimum Gasteiger partial charge on any atom is -0.506 e. The van der Waals surface area contributed by atoms with Gasteiger partial charge in [0.05, 0.1) is 6.20 Å². The lowest BCUT2D eigenvalue weighted by Gasteiger charge is -1.88. The number of nitrogens with zero attached hydrogens (tertiary/aromatic N) is 1. The van der Waals surface area contributed by atoms with Gasteiger partial charge in [0.1, 0.15) is 17.1 Å². The second kappa shape index (κ2) is 2.48. The number of pyridine rings is 1. The molecule has 0 amide bonds. The zero-order valence-electron chi connectivity index (χ0n) is 6.48. The number of fused-ring (bicyclic) bond motifs is 1. The van der Waals surface area contributed by atoms with Crippen LogP contribution in [0.4, 0.5) is 0 Å². The van der Waals surface area contributed by atoms with Crippen molar-refractivity contribution >= 4 is 17.0 Å². The zero-order valence-corrected chi connectivity index (χ0v) is 6.48. The molecule has 2 rings (SSSR count). The highest BCUT2D eigenvalue weighted by atomic mass is 16.4. The van der Waals surface area contributed by atoms with Crippen molar-refractivity contribution < 1.29 is 15.0 Å². The molecule has 0 saturated heterocycles. The second-order valence-corrected chi connectivity index (χ2v) is 2.62. The molecule has 0 fully saturated rings. The molecule has 0 spiro atoms. The average Bonchev–Trinajstić information content (AvgIpc) is 2.46. The monoisotopic (exact) mass is 178 g/mol. The van der Waals surface area contributed by atoms with Gasteiger partial charge in [-0.25, -0.2) is 9.78 Å². The number of carbonyl (C=O) groups is 1. The maximum atomic E-state index is 10.5. The van der Waals surface area contributed by atoms with Crippen molar-refractivity contribution in [2.45, 2.75) is 0 Å². The van der Waals surface area contributed by atoms with Crippen LogP contribution >= 0.6 is 0 Å². The van der Waals surface area contributed by atoms with Crippen LogP contribution in [0.5, 0.6) is 5.75 Å². The summed E-state index contributed by atoms with van der Waals surface area (Å²) in [6.07, 6.45) is 1.25. The van der Waals surface area contributed by atoms with Gasteiger partial charge in [0.25, 0.3) is 0 Å². The van der Waals surface area contributed by atoms with Gasteiger partial charge in [-0.3, -0.25) is 0 Å². The molecule has 2 aromatic rings. The minimum absolute atomic E-state index is 0.0171. The first kappa shape index (κ1) is 7.60. The number of hydrogen-bond acceptors (Lipinski definition) is 3. The van der Waals surface area contributed by atoms with Crippen LogP contribution in [0.2, 0.25) is 0 Å². The molecule has 3 N–H and O–H groups in total. The van der Waals surface area contributed by atoms with Crippen molar-refractivity contribution in [2.24, 2.45) is 0 Å². The van der Waals surface area contributed by atoms with Gasteiger partial charge in [-0.15, -0.1) is 0 Å². The molecule has 66 valence electrons. The van der Waals surface area contributed by atoms with Gasteiger partial charge < -0.3 is 15.2 Å². The molecule has 0 radical (unpaired) electrons. The van der Waals surface area contributed by atoms with Crippen LogP contribution in [0.1, 0.15) is 10.5 Å². The van der Waals surface area contributed by atoms with Crippen molar-refractivity contribution in [1.82, 2.24) is 9.97 Å². The topological polar surface area (TPSA) is 86.2 Å². The number of H-pyrrole nitrogens is 1. The van der Waals surface area contributed by atoms with Crippen molar-refractivity contribution in [2.75, 3.05) is 0 Å². The standard InChI is InChI=1S/C8H6N2O3/c11-5-1-4-2-6(8(12)13)10-7(4)9-3-5/h1-3,11H,(H,9,10)(H,12,13). The number of hydrogen-bond donors (Lipinski definition) is 3. The Hall–Kier alpha value is -2.04. The Balaban J connectivity index is 2.68. The van der Waals surface area contributed by atoms with Crippen LogP contribution in [-0.2, 0) is 0 Å². The van der Waals surface area contributed by atoms with Crippen molar-refractivity contribution in [3.8, 4) is 5.75 Å². The summed E-state index contributed by atoms with van der Waals surface area (Å²) in [6.45, 7) is 0. The lowest BCUT2D eigenvalue weighted by molar-refractivity contribution is 0.0691. The first-order valence-corrected chi connectivity index (χ1v) is 3.58. The van der Waals surface area contributed by atoms with Gasteiger partial charge >= 0.3 is 5.97 Å². The molecule has 2 aromatic heterocycles. The molecule has 5 nitrogen and oxygen atoms in total. The van der Waals surface area contributed by atoms with E-state index >= 15 is 0 Å². The zero-order chi connectivity index (χ0) is 9.42. The summed E-state index contributed by atoms with van der Waals surface area (Å²) in [5.41, 5.74) is 0.517. The highest BCUT2D eigenvalue weighted by Crippen LogP contribution is 2.17. The number of aromatic carboxylic acids is 1. The number of carboxylic acids is 1. The smallest absolute Gasteiger partial charge is 0.352 e. The largest absolute Gasteiger partial charge is 0.506 e. The van der Waals surface area contributed by atoms with Crippen LogP contribution < -0.4 is 0 Å². The van der Waals surface area contributed by atoms with Crippen LogP contribution in [0.25, 0.3) is 11.0 Å². The number of carboxylic acid groups (broad SMARTS) is 1. The Morgan fingerprint density at radius 2 is 2.23 bits per heavy atom. The van der Waals surface area contributed by atoms with E-state index in [-0.39, 0.29) is 11.4 Å². The molecular weight excluding hydrogens is 172 g/mol. The second-order valence-electron chi connectivity index (χ2n) is 2.62. The highest BCUT2D eigenvalue weighted by Gasteiger charge is 2.07. The molecule has 0 saturated carbocycles. The van der Waals surface area contributed by atoms with Crippen molar-refractivity contribution in [1.29, 1.82) is 0 Å². The fraction of sp³-hybridized carbons (Fsp3) is 0. The maximum absolute atomic E-state index is 10.5. The summed E-state index contributed by atoms with van der Waals surface area (Å²) in [4.78, 5) is 16.9. The van der Waals surface area contributed by atoms with E-state index in [1.54, 1.807) is 0 Å².